The molecule has 0 saturated carbocycles. The summed E-state index contributed by atoms with van der Waals surface area (Å²) in [4.78, 5) is 18.3. The summed E-state index contributed by atoms with van der Waals surface area (Å²) in [6.07, 6.45) is -2.83. The molecular formula is C20H17F2N3O4. The number of amides is 1. The van der Waals surface area contributed by atoms with E-state index in [1.165, 1.54) is 0 Å². The van der Waals surface area contributed by atoms with E-state index in [1.807, 2.05) is 12.1 Å². The third kappa shape index (κ3) is 3.89. The normalized spacial score (nSPS) is 13.6. The van der Waals surface area contributed by atoms with Crippen molar-refractivity contribution in [3.8, 4) is 22.9 Å². The average Bonchev–Trinajstić information content (AvgIpc) is 3.14. The SMILES string of the molecule is COc1ccc2c(c1)OCCN(C(=O)c1ccc(-c3noc(C(F)F)n3)cc1)C2. The van der Waals surface area contributed by atoms with Gasteiger partial charge in [-0.1, -0.05) is 17.3 Å². The third-order valence-corrected chi connectivity index (χ3v) is 4.56. The molecule has 29 heavy (non-hydrogen) atoms. The van der Waals surface area contributed by atoms with Crippen LogP contribution in [0.3, 0.4) is 0 Å². The summed E-state index contributed by atoms with van der Waals surface area (Å²) in [5.41, 5.74) is 1.83. The fourth-order valence-corrected chi connectivity index (χ4v) is 3.04. The molecule has 7 nitrogen and oxygen atoms in total. The van der Waals surface area contributed by atoms with Crippen LogP contribution in [0.4, 0.5) is 8.78 Å². The molecule has 1 aromatic heterocycles. The Morgan fingerprint density at radius 3 is 2.69 bits per heavy atom. The van der Waals surface area contributed by atoms with Crippen LogP contribution in [0, 0.1) is 0 Å². The Morgan fingerprint density at radius 1 is 1.21 bits per heavy atom. The number of nitrogens with zero attached hydrogens (tertiary/aromatic N) is 3. The standard InChI is InChI=1S/C20H17F2N3O4/c1-27-15-7-6-14-11-25(8-9-28-16(14)10-15)20(26)13-4-2-12(3-5-13)18-23-19(17(21)22)29-24-18/h2-7,10,17H,8-9,11H2,1H3. The van der Waals surface area contributed by atoms with Crippen molar-refractivity contribution < 1.29 is 27.6 Å². The first-order valence-corrected chi connectivity index (χ1v) is 8.86. The van der Waals surface area contributed by atoms with Crippen molar-refractivity contribution in [1.82, 2.24) is 15.0 Å². The Labute approximate surface area is 164 Å². The number of alkyl halides is 2. The molecule has 0 atom stereocenters. The van der Waals surface area contributed by atoms with Gasteiger partial charge in [-0.3, -0.25) is 4.79 Å². The minimum Gasteiger partial charge on any atom is -0.497 e. The van der Waals surface area contributed by atoms with Crippen LogP contribution in [0.2, 0.25) is 0 Å². The van der Waals surface area contributed by atoms with Crippen molar-refractivity contribution in [3.05, 3.63) is 59.5 Å². The zero-order valence-corrected chi connectivity index (χ0v) is 15.5. The lowest BCUT2D eigenvalue weighted by Crippen LogP contribution is -2.32. The molecule has 1 aliphatic heterocycles. The van der Waals surface area contributed by atoms with E-state index >= 15 is 0 Å². The molecule has 3 aromatic rings. The molecule has 0 radical (unpaired) electrons. The highest BCUT2D eigenvalue weighted by molar-refractivity contribution is 5.94. The van der Waals surface area contributed by atoms with Crippen molar-refractivity contribution >= 4 is 5.91 Å². The number of methoxy groups -OCH3 is 1. The molecule has 0 unspecified atom stereocenters. The lowest BCUT2D eigenvalue weighted by molar-refractivity contribution is 0.0733. The van der Waals surface area contributed by atoms with E-state index in [4.69, 9.17) is 9.47 Å². The number of rotatable bonds is 4. The fraction of sp³-hybridized carbons (Fsp3) is 0.250. The minimum absolute atomic E-state index is 0.0466. The number of aromatic nitrogens is 2. The second-order valence-corrected chi connectivity index (χ2v) is 6.38. The molecule has 150 valence electrons. The Hall–Kier alpha value is -3.49. The Bertz CT molecular complexity index is 1020. The van der Waals surface area contributed by atoms with Crippen molar-refractivity contribution in [1.29, 1.82) is 0 Å². The van der Waals surface area contributed by atoms with Crippen LogP contribution in [-0.4, -0.2) is 41.2 Å². The van der Waals surface area contributed by atoms with Crippen LogP contribution < -0.4 is 9.47 Å². The van der Waals surface area contributed by atoms with Gasteiger partial charge in [-0.25, -0.2) is 0 Å². The predicted octanol–water partition coefficient (Wildman–Crippen LogP) is 3.72. The van der Waals surface area contributed by atoms with Gasteiger partial charge in [-0.2, -0.15) is 13.8 Å². The van der Waals surface area contributed by atoms with Gasteiger partial charge in [-0.05, 0) is 24.3 Å². The molecule has 0 bridgehead atoms. The first-order chi connectivity index (χ1) is 14.0. The van der Waals surface area contributed by atoms with Crippen LogP contribution >= 0.6 is 0 Å². The van der Waals surface area contributed by atoms with E-state index in [9.17, 15) is 13.6 Å². The van der Waals surface area contributed by atoms with Gasteiger partial charge in [0, 0.05) is 29.3 Å². The minimum atomic E-state index is -2.83. The van der Waals surface area contributed by atoms with E-state index in [0.717, 1.165) is 5.56 Å². The van der Waals surface area contributed by atoms with Crippen molar-refractivity contribution in [2.24, 2.45) is 0 Å². The van der Waals surface area contributed by atoms with Crippen molar-refractivity contribution in [2.75, 3.05) is 20.3 Å². The number of halogens is 2. The highest BCUT2D eigenvalue weighted by Gasteiger charge is 2.22. The van der Waals surface area contributed by atoms with Gasteiger partial charge in [0.05, 0.1) is 13.7 Å². The Kier molecular flexibility index (Phi) is 5.11. The van der Waals surface area contributed by atoms with E-state index in [0.29, 0.717) is 42.3 Å². The maximum absolute atomic E-state index is 12.9. The topological polar surface area (TPSA) is 77.7 Å². The van der Waals surface area contributed by atoms with E-state index in [2.05, 4.69) is 14.7 Å². The quantitative estimate of drug-likeness (QED) is 0.663. The first-order valence-electron chi connectivity index (χ1n) is 8.86. The van der Waals surface area contributed by atoms with Crippen LogP contribution in [0.5, 0.6) is 11.5 Å². The molecule has 9 heteroatoms. The number of benzene rings is 2. The summed E-state index contributed by atoms with van der Waals surface area (Å²) < 4.78 is 40.6. The van der Waals surface area contributed by atoms with E-state index < -0.39 is 12.3 Å². The van der Waals surface area contributed by atoms with Crippen LogP contribution in [-0.2, 0) is 6.54 Å². The molecule has 0 saturated heterocycles. The molecule has 1 amide bonds. The highest BCUT2D eigenvalue weighted by Crippen LogP contribution is 2.28. The van der Waals surface area contributed by atoms with Crippen molar-refractivity contribution in [2.45, 2.75) is 13.0 Å². The molecule has 0 N–H and O–H groups in total. The number of carbonyl (C=O) groups is 1. The zero-order chi connectivity index (χ0) is 20.4. The largest absolute Gasteiger partial charge is 0.497 e. The fourth-order valence-electron chi connectivity index (χ4n) is 3.04. The summed E-state index contributed by atoms with van der Waals surface area (Å²) in [6.45, 7) is 1.20. The highest BCUT2D eigenvalue weighted by atomic mass is 19.3. The van der Waals surface area contributed by atoms with Gasteiger partial charge in [-0.15, -0.1) is 0 Å². The molecular weight excluding hydrogens is 384 g/mol. The van der Waals surface area contributed by atoms with Gasteiger partial charge in [0.2, 0.25) is 5.82 Å². The maximum Gasteiger partial charge on any atom is 0.315 e. The van der Waals surface area contributed by atoms with Gasteiger partial charge >= 0.3 is 6.43 Å². The first kappa shape index (κ1) is 18.9. The second-order valence-electron chi connectivity index (χ2n) is 6.38. The Balaban J connectivity index is 1.51. The zero-order valence-electron chi connectivity index (χ0n) is 15.5. The monoisotopic (exact) mass is 401 g/mol. The maximum atomic E-state index is 12.9. The van der Waals surface area contributed by atoms with Gasteiger partial charge in [0.15, 0.2) is 0 Å². The van der Waals surface area contributed by atoms with E-state index in [-0.39, 0.29) is 11.7 Å². The molecule has 0 fully saturated rings. The van der Waals surface area contributed by atoms with Crippen LogP contribution in [0.15, 0.2) is 47.0 Å². The lowest BCUT2D eigenvalue weighted by Gasteiger charge is -2.20. The summed E-state index contributed by atoms with van der Waals surface area (Å²) in [5, 5.41) is 3.54. The summed E-state index contributed by atoms with van der Waals surface area (Å²) in [5.74, 6) is 0.535. The molecule has 1 aliphatic rings. The van der Waals surface area contributed by atoms with E-state index in [1.54, 1.807) is 42.3 Å². The number of ether oxygens (including phenoxy) is 2. The van der Waals surface area contributed by atoms with Crippen molar-refractivity contribution in [3.63, 3.8) is 0 Å². The molecule has 0 aliphatic carbocycles. The Morgan fingerprint density at radius 2 is 2.00 bits per heavy atom. The van der Waals surface area contributed by atoms with Crippen LogP contribution in [0.25, 0.3) is 11.4 Å². The molecule has 2 heterocycles. The number of fused-ring (bicyclic) bond motifs is 1. The molecule has 2 aromatic carbocycles. The summed E-state index contributed by atoms with van der Waals surface area (Å²) in [6, 6.07) is 11.9. The third-order valence-electron chi connectivity index (χ3n) is 4.56. The number of carbonyl (C=O) groups excluding carboxylic acids is 1. The lowest BCUT2D eigenvalue weighted by atomic mass is 10.1. The number of hydrogen-bond acceptors (Lipinski definition) is 6. The summed E-state index contributed by atoms with van der Waals surface area (Å²) >= 11 is 0. The molecule has 4 rings (SSSR count). The predicted molar refractivity (Wildman–Crippen MR) is 97.9 cm³/mol. The number of hydrogen-bond donors (Lipinski definition) is 0. The van der Waals surface area contributed by atoms with Gasteiger partial charge < -0.3 is 18.9 Å². The summed E-state index contributed by atoms with van der Waals surface area (Å²) in [7, 11) is 1.58. The second kappa shape index (κ2) is 7.86. The van der Waals surface area contributed by atoms with Crippen LogP contribution in [0.1, 0.15) is 28.2 Å². The van der Waals surface area contributed by atoms with Gasteiger partial charge in [0.25, 0.3) is 11.8 Å². The molecule has 0 spiro atoms. The smallest absolute Gasteiger partial charge is 0.315 e. The average molecular weight is 401 g/mol. The van der Waals surface area contributed by atoms with Gasteiger partial charge in [0.1, 0.15) is 18.1 Å².